The van der Waals surface area contributed by atoms with Gasteiger partial charge in [-0.3, -0.25) is 9.59 Å². The van der Waals surface area contributed by atoms with E-state index in [1.165, 1.54) is 13.8 Å². The van der Waals surface area contributed by atoms with E-state index in [1.54, 1.807) is 37.4 Å². The highest BCUT2D eigenvalue weighted by Gasteiger charge is 2.36. The topological polar surface area (TPSA) is 91.2 Å². The van der Waals surface area contributed by atoms with Crippen molar-refractivity contribution in [3.8, 4) is 11.8 Å². The van der Waals surface area contributed by atoms with Gasteiger partial charge in [0.25, 0.3) is 0 Å². The molecule has 2 aromatic carbocycles. The van der Waals surface area contributed by atoms with Crippen molar-refractivity contribution in [2.45, 2.75) is 20.4 Å². The Bertz CT molecular complexity index is 853. The second-order valence-electron chi connectivity index (χ2n) is 6.23. The van der Waals surface area contributed by atoms with E-state index in [4.69, 9.17) is 10.00 Å². The third kappa shape index (κ3) is 4.19. The van der Waals surface area contributed by atoms with Crippen LogP contribution < -0.4 is 15.4 Å². The second-order valence-corrected chi connectivity index (χ2v) is 6.23. The van der Waals surface area contributed by atoms with E-state index in [2.05, 4.69) is 10.6 Å². The molecule has 0 spiro atoms. The molecule has 0 aliphatic carbocycles. The zero-order valence-electron chi connectivity index (χ0n) is 15.0. The summed E-state index contributed by atoms with van der Waals surface area (Å²) in [6.45, 7) is 3.32. The number of nitriles is 1. The monoisotopic (exact) mass is 351 g/mol. The molecule has 0 heterocycles. The van der Waals surface area contributed by atoms with Gasteiger partial charge in [-0.05, 0) is 32.0 Å². The lowest BCUT2D eigenvalue weighted by atomic mass is 9.90. The van der Waals surface area contributed by atoms with Crippen LogP contribution in [0, 0.1) is 16.7 Å². The SMILES string of the molecule is COc1ccccc1CNC(=O)C(C)(C)C(=O)Nc1ccccc1C#N. The third-order valence-electron chi connectivity index (χ3n) is 4.06. The lowest BCUT2D eigenvalue weighted by Crippen LogP contribution is -2.45. The van der Waals surface area contributed by atoms with Gasteiger partial charge in [0.15, 0.2) is 0 Å². The molecule has 0 unspecified atom stereocenters. The fourth-order valence-corrected chi connectivity index (χ4v) is 2.32. The van der Waals surface area contributed by atoms with Gasteiger partial charge >= 0.3 is 0 Å². The number of benzene rings is 2. The Balaban J connectivity index is 2.07. The average molecular weight is 351 g/mol. The van der Waals surface area contributed by atoms with Crippen molar-refractivity contribution in [3.63, 3.8) is 0 Å². The molecule has 0 radical (unpaired) electrons. The Morgan fingerprint density at radius 1 is 1.08 bits per heavy atom. The molecule has 2 N–H and O–H groups in total. The Morgan fingerprint density at radius 2 is 1.73 bits per heavy atom. The molecule has 2 aromatic rings. The predicted octanol–water partition coefficient (Wildman–Crippen LogP) is 2.85. The maximum Gasteiger partial charge on any atom is 0.239 e. The maximum atomic E-state index is 12.6. The molecule has 0 saturated carbocycles. The quantitative estimate of drug-likeness (QED) is 0.783. The number of nitrogens with one attached hydrogen (secondary N) is 2. The van der Waals surface area contributed by atoms with Crippen molar-refractivity contribution in [1.82, 2.24) is 5.32 Å². The lowest BCUT2D eigenvalue weighted by Gasteiger charge is -2.23. The van der Waals surface area contributed by atoms with Gasteiger partial charge in [0.1, 0.15) is 17.2 Å². The van der Waals surface area contributed by atoms with Gasteiger partial charge < -0.3 is 15.4 Å². The number of hydrogen-bond donors (Lipinski definition) is 2. The Labute approximate surface area is 152 Å². The third-order valence-corrected chi connectivity index (χ3v) is 4.06. The molecule has 6 nitrogen and oxygen atoms in total. The molecule has 2 rings (SSSR count). The predicted molar refractivity (Wildman–Crippen MR) is 98.4 cm³/mol. The highest BCUT2D eigenvalue weighted by atomic mass is 16.5. The number of amides is 2. The Morgan fingerprint density at radius 3 is 2.42 bits per heavy atom. The number of methoxy groups -OCH3 is 1. The highest BCUT2D eigenvalue weighted by molar-refractivity contribution is 6.10. The average Bonchev–Trinajstić information content (AvgIpc) is 2.66. The smallest absolute Gasteiger partial charge is 0.239 e. The summed E-state index contributed by atoms with van der Waals surface area (Å²) in [7, 11) is 1.56. The first-order valence-electron chi connectivity index (χ1n) is 8.11. The van der Waals surface area contributed by atoms with E-state index in [1.807, 2.05) is 24.3 Å². The van der Waals surface area contributed by atoms with Gasteiger partial charge in [-0.2, -0.15) is 5.26 Å². The van der Waals surface area contributed by atoms with Crippen LogP contribution in [0.25, 0.3) is 0 Å². The Kier molecular flexibility index (Phi) is 5.97. The molecule has 0 aliphatic rings. The van der Waals surface area contributed by atoms with Gasteiger partial charge in [-0.25, -0.2) is 0 Å². The summed E-state index contributed by atoms with van der Waals surface area (Å²) in [5.41, 5.74) is 0.218. The molecule has 2 amide bonds. The van der Waals surface area contributed by atoms with E-state index in [0.717, 1.165) is 5.56 Å². The number of rotatable bonds is 6. The number of para-hydroxylation sites is 2. The van der Waals surface area contributed by atoms with E-state index in [0.29, 0.717) is 17.0 Å². The van der Waals surface area contributed by atoms with Crippen LogP contribution in [0.2, 0.25) is 0 Å². The van der Waals surface area contributed by atoms with Crippen molar-refractivity contribution >= 4 is 17.5 Å². The molecule has 134 valence electrons. The van der Waals surface area contributed by atoms with Crippen LogP contribution in [0.3, 0.4) is 0 Å². The summed E-state index contributed by atoms with van der Waals surface area (Å²) in [5, 5.41) is 14.5. The summed E-state index contributed by atoms with van der Waals surface area (Å²) in [5.74, 6) is -0.244. The van der Waals surface area contributed by atoms with Gasteiger partial charge in [-0.15, -0.1) is 0 Å². The minimum atomic E-state index is -1.31. The molecule has 0 saturated heterocycles. The van der Waals surface area contributed by atoms with E-state index in [-0.39, 0.29) is 6.54 Å². The highest BCUT2D eigenvalue weighted by Crippen LogP contribution is 2.22. The van der Waals surface area contributed by atoms with Crippen molar-refractivity contribution < 1.29 is 14.3 Å². The summed E-state index contributed by atoms with van der Waals surface area (Å²) in [6.07, 6.45) is 0. The van der Waals surface area contributed by atoms with Crippen LogP contribution in [0.4, 0.5) is 5.69 Å². The number of nitrogens with zero attached hydrogens (tertiary/aromatic N) is 1. The molecule has 0 aromatic heterocycles. The van der Waals surface area contributed by atoms with Gasteiger partial charge in [0, 0.05) is 12.1 Å². The molecule has 6 heteroatoms. The molecular formula is C20H21N3O3. The van der Waals surface area contributed by atoms with Crippen LogP contribution in [0.1, 0.15) is 25.0 Å². The minimum absolute atomic E-state index is 0.244. The fraction of sp³-hybridized carbons (Fsp3) is 0.250. The molecule has 0 atom stereocenters. The largest absolute Gasteiger partial charge is 0.496 e. The van der Waals surface area contributed by atoms with Gasteiger partial charge in [-0.1, -0.05) is 30.3 Å². The molecule has 0 fully saturated rings. The number of hydrogen-bond acceptors (Lipinski definition) is 4. The van der Waals surface area contributed by atoms with Crippen LogP contribution in [-0.2, 0) is 16.1 Å². The van der Waals surface area contributed by atoms with Crippen molar-refractivity contribution in [3.05, 3.63) is 59.7 Å². The minimum Gasteiger partial charge on any atom is -0.496 e. The van der Waals surface area contributed by atoms with E-state index < -0.39 is 17.2 Å². The number of ether oxygens (including phenoxy) is 1. The first-order chi connectivity index (χ1) is 12.4. The second kappa shape index (κ2) is 8.17. The van der Waals surface area contributed by atoms with Crippen molar-refractivity contribution in [2.24, 2.45) is 5.41 Å². The van der Waals surface area contributed by atoms with Crippen molar-refractivity contribution in [1.29, 1.82) is 5.26 Å². The molecular weight excluding hydrogens is 330 g/mol. The summed E-state index contributed by atoms with van der Waals surface area (Å²) in [6, 6.07) is 16.0. The van der Waals surface area contributed by atoms with Crippen LogP contribution in [-0.4, -0.2) is 18.9 Å². The van der Waals surface area contributed by atoms with Crippen LogP contribution >= 0.6 is 0 Å². The first-order valence-corrected chi connectivity index (χ1v) is 8.11. The van der Waals surface area contributed by atoms with E-state index in [9.17, 15) is 9.59 Å². The van der Waals surface area contributed by atoms with Gasteiger partial charge in [0.2, 0.25) is 11.8 Å². The summed E-state index contributed by atoms with van der Waals surface area (Å²) >= 11 is 0. The number of carbonyl (C=O) groups excluding carboxylic acids is 2. The Hall–Kier alpha value is -3.33. The zero-order chi connectivity index (χ0) is 19.2. The number of anilines is 1. The zero-order valence-corrected chi connectivity index (χ0v) is 15.0. The molecule has 26 heavy (non-hydrogen) atoms. The van der Waals surface area contributed by atoms with Crippen molar-refractivity contribution in [2.75, 3.05) is 12.4 Å². The number of carbonyl (C=O) groups is 2. The van der Waals surface area contributed by atoms with Crippen LogP contribution in [0.15, 0.2) is 48.5 Å². The molecule has 0 aliphatic heterocycles. The normalized spacial score (nSPS) is 10.5. The molecule has 0 bridgehead atoms. The summed E-state index contributed by atoms with van der Waals surface area (Å²) in [4.78, 5) is 25.1. The summed E-state index contributed by atoms with van der Waals surface area (Å²) < 4.78 is 5.25. The fourth-order valence-electron chi connectivity index (χ4n) is 2.32. The lowest BCUT2D eigenvalue weighted by molar-refractivity contribution is -0.138. The standard InChI is InChI=1S/C20H21N3O3/c1-20(2,19(25)23-16-10-6-4-8-14(16)12-21)18(24)22-13-15-9-5-7-11-17(15)26-3/h4-11H,13H2,1-3H3,(H,22,24)(H,23,25). The first kappa shape index (κ1) is 19.0. The van der Waals surface area contributed by atoms with E-state index >= 15 is 0 Å². The maximum absolute atomic E-state index is 12.6. The van der Waals surface area contributed by atoms with Gasteiger partial charge in [0.05, 0.1) is 18.4 Å². The van der Waals surface area contributed by atoms with Crippen LogP contribution in [0.5, 0.6) is 5.75 Å².